The molecule has 0 radical (unpaired) electrons. The number of anilines is 1. The molecule has 4 nitrogen and oxygen atoms in total. The van der Waals surface area contributed by atoms with Gasteiger partial charge in [0.1, 0.15) is 5.82 Å². The first-order valence-electron chi connectivity index (χ1n) is 9.12. The third kappa shape index (κ3) is 5.03. The Morgan fingerprint density at radius 1 is 1.11 bits per heavy atom. The SMILES string of the molecule is Cc1ccc(NC(=O)C2CCN(C(=O)C=Cc3ccccc3)CC2)c(F)c1. The summed E-state index contributed by atoms with van der Waals surface area (Å²) < 4.78 is 13.9. The van der Waals surface area contributed by atoms with Crippen molar-refractivity contribution < 1.29 is 14.0 Å². The van der Waals surface area contributed by atoms with Crippen molar-refractivity contribution in [1.29, 1.82) is 0 Å². The Hall–Kier alpha value is -2.95. The van der Waals surface area contributed by atoms with Crippen LogP contribution in [0.3, 0.4) is 0 Å². The van der Waals surface area contributed by atoms with E-state index in [-0.39, 0.29) is 23.4 Å². The summed E-state index contributed by atoms with van der Waals surface area (Å²) >= 11 is 0. The molecule has 1 aliphatic heterocycles. The Bertz CT molecular complexity index is 841. The van der Waals surface area contributed by atoms with E-state index in [9.17, 15) is 14.0 Å². The fourth-order valence-electron chi connectivity index (χ4n) is 3.16. The zero-order valence-electron chi connectivity index (χ0n) is 15.3. The van der Waals surface area contributed by atoms with Crippen molar-refractivity contribution in [3.05, 3.63) is 71.6 Å². The topological polar surface area (TPSA) is 49.4 Å². The van der Waals surface area contributed by atoms with Crippen LogP contribution in [-0.2, 0) is 9.59 Å². The molecule has 1 aliphatic rings. The summed E-state index contributed by atoms with van der Waals surface area (Å²) in [5.74, 6) is -0.887. The van der Waals surface area contributed by atoms with Gasteiger partial charge in [-0.05, 0) is 49.1 Å². The van der Waals surface area contributed by atoms with Crippen molar-refractivity contribution in [1.82, 2.24) is 4.90 Å². The summed E-state index contributed by atoms with van der Waals surface area (Å²) in [6, 6.07) is 14.4. The van der Waals surface area contributed by atoms with Crippen molar-refractivity contribution in [2.24, 2.45) is 5.92 Å². The highest BCUT2D eigenvalue weighted by Crippen LogP contribution is 2.22. The van der Waals surface area contributed by atoms with E-state index in [4.69, 9.17) is 0 Å². The third-order valence-electron chi connectivity index (χ3n) is 4.78. The van der Waals surface area contributed by atoms with E-state index in [1.807, 2.05) is 30.3 Å². The van der Waals surface area contributed by atoms with Crippen LogP contribution in [0, 0.1) is 18.7 Å². The van der Waals surface area contributed by atoms with Gasteiger partial charge in [0.2, 0.25) is 11.8 Å². The van der Waals surface area contributed by atoms with Gasteiger partial charge in [0.25, 0.3) is 0 Å². The molecule has 1 N–H and O–H groups in total. The van der Waals surface area contributed by atoms with Gasteiger partial charge >= 0.3 is 0 Å². The number of rotatable bonds is 4. The van der Waals surface area contributed by atoms with Crippen LogP contribution in [0.4, 0.5) is 10.1 Å². The molecule has 0 aliphatic carbocycles. The molecular weight excluding hydrogens is 343 g/mol. The summed E-state index contributed by atoms with van der Waals surface area (Å²) in [5.41, 5.74) is 1.98. The van der Waals surface area contributed by atoms with Crippen molar-refractivity contribution in [3.63, 3.8) is 0 Å². The van der Waals surface area contributed by atoms with Crippen molar-refractivity contribution >= 4 is 23.6 Å². The number of nitrogens with one attached hydrogen (secondary N) is 1. The summed E-state index contributed by atoms with van der Waals surface area (Å²) in [4.78, 5) is 26.4. The van der Waals surface area contributed by atoms with Crippen LogP contribution < -0.4 is 5.32 Å². The highest BCUT2D eigenvalue weighted by Gasteiger charge is 2.27. The highest BCUT2D eigenvalue weighted by atomic mass is 19.1. The second-order valence-electron chi connectivity index (χ2n) is 6.82. The van der Waals surface area contributed by atoms with E-state index >= 15 is 0 Å². The monoisotopic (exact) mass is 366 g/mol. The summed E-state index contributed by atoms with van der Waals surface area (Å²) in [6.45, 7) is 2.84. The maximum Gasteiger partial charge on any atom is 0.246 e. The van der Waals surface area contributed by atoms with E-state index in [1.54, 1.807) is 36.1 Å². The number of hydrogen-bond acceptors (Lipinski definition) is 2. The number of halogens is 1. The fourth-order valence-corrected chi connectivity index (χ4v) is 3.16. The molecule has 2 amide bonds. The molecule has 2 aromatic rings. The minimum atomic E-state index is -0.429. The molecule has 3 rings (SSSR count). The molecule has 0 unspecified atom stereocenters. The summed E-state index contributed by atoms with van der Waals surface area (Å²) in [6.07, 6.45) is 4.51. The molecule has 2 aromatic carbocycles. The van der Waals surface area contributed by atoms with Gasteiger partial charge in [0.15, 0.2) is 0 Å². The maximum absolute atomic E-state index is 13.9. The molecule has 0 atom stereocenters. The molecule has 1 heterocycles. The van der Waals surface area contributed by atoms with Gasteiger partial charge in [-0.25, -0.2) is 4.39 Å². The van der Waals surface area contributed by atoms with Crippen LogP contribution in [0.1, 0.15) is 24.0 Å². The summed E-state index contributed by atoms with van der Waals surface area (Å²) in [7, 11) is 0. The first-order chi connectivity index (χ1) is 13.0. The van der Waals surface area contributed by atoms with Gasteiger partial charge in [-0.3, -0.25) is 9.59 Å². The first-order valence-corrected chi connectivity index (χ1v) is 9.12. The van der Waals surface area contributed by atoms with Crippen LogP contribution in [0.2, 0.25) is 0 Å². The first kappa shape index (κ1) is 18.8. The van der Waals surface area contributed by atoms with E-state index in [0.29, 0.717) is 25.9 Å². The predicted molar refractivity (Wildman–Crippen MR) is 105 cm³/mol. The molecule has 0 saturated carbocycles. The van der Waals surface area contributed by atoms with E-state index < -0.39 is 5.82 Å². The number of carbonyl (C=O) groups excluding carboxylic acids is 2. The maximum atomic E-state index is 13.9. The molecular formula is C22H23FN2O2. The summed E-state index contributed by atoms with van der Waals surface area (Å²) in [5, 5.41) is 2.67. The number of aryl methyl sites for hydroxylation is 1. The quantitative estimate of drug-likeness (QED) is 0.831. The standard InChI is InChI=1S/C22H23FN2O2/c1-16-7-9-20(19(23)15-16)24-22(27)18-11-13-25(14-12-18)21(26)10-8-17-5-3-2-4-6-17/h2-10,15,18H,11-14H2,1H3,(H,24,27). The Balaban J connectivity index is 1.51. The molecule has 5 heteroatoms. The Morgan fingerprint density at radius 2 is 1.81 bits per heavy atom. The number of amides is 2. The van der Waals surface area contributed by atoms with Gasteiger partial charge in [0, 0.05) is 25.1 Å². The largest absolute Gasteiger partial charge is 0.339 e. The number of benzene rings is 2. The smallest absolute Gasteiger partial charge is 0.246 e. The number of nitrogens with zero attached hydrogens (tertiary/aromatic N) is 1. The lowest BCUT2D eigenvalue weighted by atomic mass is 9.95. The van der Waals surface area contributed by atoms with Gasteiger partial charge in [-0.15, -0.1) is 0 Å². The van der Waals surface area contributed by atoms with Crippen LogP contribution in [0.25, 0.3) is 6.08 Å². The van der Waals surface area contributed by atoms with Crippen LogP contribution in [-0.4, -0.2) is 29.8 Å². The number of hydrogen-bond donors (Lipinski definition) is 1. The van der Waals surface area contributed by atoms with Gasteiger partial charge in [-0.2, -0.15) is 0 Å². The molecule has 0 spiro atoms. The van der Waals surface area contributed by atoms with Crippen molar-refractivity contribution in [2.45, 2.75) is 19.8 Å². The second-order valence-corrected chi connectivity index (χ2v) is 6.82. The van der Waals surface area contributed by atoms with Gasteiger partial charge < -0.3 is 10.2 Å². The second kappa shape index (κ2) is 8.62. The van der Waals surface area contributed by atoms with Crippen LogP contribution >= 0.6 is 0 Å². The molecule has 0 bridgehead atoms. The number of piperidine rings is 1. The molecule has 0 aromatic heterocycles. The number of carbonyl (C=O) groups is 2. The Morgan fingerprint density at radius 3 is 2.48 bits per heavy atom. The third-order valence-corrected chi connectivity index (χ3v) is 4.78. The lowest BCUT2D eigenvalue weighted by Crippen LogP contribution is -2.40. The van der Waals surface area contributed by atoms with E-state index in [0.717, 1.165) is 11.1 Å². The average Bonchev–Trinajstić information content (AvgIpc) is 2.69. The minimum absolute atomic E-state index is 0.0534. The Labute approximate surface area is 158 Å². The lowest BCUT2D eigenvalue weighted by molar-refractivity contribution is -0.130. The van der Waals surface area contributed by atoms with Crippen LogP contribution in [0.15, 0.2) is 54.6 Å². The zero-order valence-corrected chi connectivity index (χ0v) is 15.3. The van der Waals surface area contributed by atoms with Gasteiger partial charge in [-0.1, -0.05) is 36.4 Å². The predicted octanol–water partition coefficient (Wildman–Crippen LogP) is 4.02. The number of likely N-dealkylation sites (tertiary alicyclic amines) is 1. The van der Waals surface area contributed by atoms with E-state index in [2.05, 4.69) is 5.32 Å². The Kier molecular flexibility index (Phi) is 6.01. The molecule has 1 fully saturated rings. The molecule has 140 valence electrons. The molecule has 1 saturated heterocycles. The lowest BCUT2D eigenvalue weighted by Gasteiger charge is -2.30. The minimum Gasteiger partial charge on any atom is -0.339 e. The van der Waals surface area contributed by atoms with Crippen molar-refractivity contribution in [2.75, 3.05) is 18.4 Å². The highest BCUT2D eigenvalue weighted by molar-refractivity contribution is 5.94. The zero-order chi connectivity index (χ0) is 19.2. The normalized spacial score (nSPS) is 15.1. The van der Waals surface area contributed by atoms with Crippen molar-refractivity contribution in [3.8, 4) is 0 Å². The fraction of sp³-hybridized carbons (Fsp3) is 0.273. The van der Waals surface area contributed by atoms with E-state index in [1.165, 1.54) is 6.07 Å². The molecule has 27 heavy (non-hydrogen) atoms. The van der Waals surface area contributed by atoms with Gasteiger partial charge in [0.05, 0.1) is 5.69 Å². The average molecular weight is 366 g/mol. The van der Waals surface area contributed by atoms with Crippen LogP contribution in [0.5, 0.6) is 0 Å².